The van der Waals surface area contributed by atoms with E-state index in [1.807, 2.05) is 38.8 Å². The molecule has 1 aliphatic rings. The van der Waals surface area contributed by atoms with Gasteiger partial charge in [-0.1, -0.05) is 0 Å². The molecule has 7 heteroatoms. The summed E-state index contributed by atoms with van der Waals surface area (Å²) in [4.78, 5) is 10.8. The lowest BCUT2D eigenvalue weighted by molar-refractivity contribution is 0.600. The molecule has 2 heterocycles. The Morgan fingerprint density at radius 3 is 2.65 bits per heavy atom. The molecule has 1 unspecified atom stereocenters. The van der Waals surface area contributed by atoms with Crippen molar-refractivity contribution in [2.24, 2.45) is 0 Å². The van der Waals surface area contributed by atoms with Crippen LogP contribution in [0.15, 0.2) is 6.07 Å². The third-order valence-corrected chi connectivity index (χ3v) is 5.10. The van der Waals surface area contributed by atoms with Gasteiger partial charge in [-0.3, -0.25) is 0 Å². The molecule has 1 aromatic rings. The van der Waals surface area contributed by atoms with Crippen LogP contribution in [0.2, 0.25) is 0 Å². The van der Waals surface area contributed by atoms with Crippen molar-refractivity contribution in [3.63, 3.8) is 0 Å². The molecule has 0 aromatic carbocycles. The number of anilines is 2. The quantitative estimate of drug-likeness (QED) is 0.901. The molecule has 0 spiro atoms. The van der Waals surface area contributed by atoms with Gasteiger partial charge in [0.25, 0.3) is 0 Å². The van der Waals surface area contributed by atoms with Crippen molar-refractivity contribution in [2.75, 3.05) is 28.8 Å². The second-order valence-electron chi connectivity index (χ2n) is 5.66. The van der Waals surface area contributed by atoms with E-state index >= 15 is 0 Å². The van der Waals surface area contributed by atoms with E-state index < -0.39 is 9.84 Å². The number of aromatic nitrogens is 2. The molecule has 1 aromatic heterocycles. The lowest BCUT2D eigenvalue weighted by atomic mass is 10.2. The highest BCUT2D eigenvalue weighted by molar-refractivity contribution is 7.91. The smallest absolute Gasteiger partial charge is 0.227 e. The zero-order valence-electron chi connectivity index (χ0n) is 12.4. The Hall–Kier alpha value is -1.37. The molecule has 0 amide bonds. The molecule has 0 saturated carbocycles. The molecule has 20 heavy (non-hydrogen) atoms. The van der Waals surface area contributed by atoms with Crippen LogP contribution >= 0.6 is 0 Å². The SMILES string of the molecule is Cc1cc(NC(C)C)nc(N(C)C2CCS(=O)(=O)C2)n1. The number of nitrogens with zero attached hydrogens (tertiary/aromatic N) is 3. The zero-order chi connectivity index (χ0) is 14.9. The van der Waals surface area contributed by atoms with E-state index in [9.17, 15) is 8.42 Å². The molecule has 1 atom stereocenters. The van der Waals surface area contributed by atoms with Crippen LogP contribution in [0, 0.1) is 6.92 Å². The Labute approximate surface area is 120 Å². The van der Waals surface area contributed by atoms with E-state index in [0.29, 0.717) is 12.4 Å². The minimum absolute atomic E-state index is 0.0336. The Bertz CT molecular complexity index is 586. The molecule has 1 N–H and O–H groups in total. The minimum atomic E-state index is -2.90. The van der Waals surface area contributed by atoms with Crippen molar-refractivity contribution in [1.82, 2.24) is 9.97 Å². The zero-order valence-corrected chi connectivity index (χ0v) is 13.2. The van der Waals surface area contributed by atoms with Crippen LogP contribution in [0.4, 0.5) is 11.8 Å². The van der Waals surface area contributed by atoms with Gasteiger partial charge in [0.2, 0.25) is 5.95 Å². The highest BCUT2D eigenvalue weighted by Crippen LogP contribution is 2.21. The first-order chi connectivity index (χ1) is 9.27. The number of nitrogens with one attached hydrogen (secondary N) is 1. The molecule has 6 nitrogen and oxygen atoms in total. The van der Waals surface area contributed by atoms with Crippen molar-refractivity contribution in [3.8, 4) is 0 Å². The first kappa shape index (κ1) is 15.0. The molecule has 0 radical (unpaired) electrons. The summed E-state index contributed by atoms with van der Waals surface area (Å²) >= 11 is 0. The predicted molar refractivity (Wildman–Crippen MR) is 81.0 cm³/mol. The molecule has 0 aliphatic carbocycles. The largest absolute Gasteiger partial charge is 0.368 e. The summed E-state index contributed by atoms with van der Waals surface area (Å²) in [5, 5.41) is 3.25. The van der Waals surface area contributed by atoms with Crippen LogP contribution < -0.4 is 10.2 Å². The van der Waals surface area contributed by atoms with Gasteiger partial charge in [-0.15, -0.1) is 0 Å². The number of hydrogen-bond donors (Lipinski definition) is 1. The lowest BCUT2D eigenvalue weighted by Gasteiger charge is -2.24. The van der Waals surface area contributed by atoms with E-state index in [1.165, 1.54) is 0 Å². The average Bonchev–Trinajstić information content (AvgIpc) is 2.67. The van der Waals surface area contributed by atoms with Crippen LogP contribution in [0.25, 0.3) is 0 Å². The van der Waals surface area contributed by atoms with Crippen molar-refractivity contribution in [3.05, 3.63) is 11.8 Å². The molecular weight excluding hydrogens is 276 g/mol. The minimum Gasteiger partial charge on any atom is -0.368 e. The monoisotopic (exact) mass is 298 g/mol. The van der Waals surface area contributed by atoms with E-state index in [-0.39, 0.29) is 23.6 Å². The van der Waals surface area contributed by atoms with Gasteiger partial charge in [-0.05, 0) is 27.2 Å². The van der Waals surface area contributed by atoms with Crippen molar-refractivity contribution >= 4 is 21.6 Å². The van der Waals surface area contributed by atoms with Gasteiger partial charge in [-0.25, -0.2) is 13.4 Å². The van der Waals surface area contributed by atoms with E-state index in [2.05, 4.69) is 15.3 Å². The fraction of sp³-hybridized carbons (Fsp3) is 0.692. The van der Waals surface area contributed by atoms with Crippen LogP contribution in [-0.4, -0.2) is 49.0 Å². The summed E-state index contributed by atoms with van der Waals surface area (Å²) in [6.07, 6.45) is 0.642. The van der Waals surface area contributed by atoms with E-state index in [0.717, 1.165) is 11.5 Å². The van der Waals surface area contributed by atoms with Gasteiger partial charge in [0.15, 0.2) is 9.84 Å². The van der Waals surface area contributed by atoms with Gasteiger partial charge in [0, 0.05) is 30.9 Å². The number of hydrogen-bond acceptors (Lipinski definition) is 6. The van der Waals surface area contributed by atoms with Crippen LogP contribution in [-0.2, 0) is 9.84 Å². The first-order valence-corrected chi connectivity index (χ1v) is 8.64. The van der Waals surface area contributed by atoms with Gasteiger partial charge >= 0.3 is 0 Å². The Morgan fingerprint density at radius 1 is 1.40 bits per heavy atom. The predicted octanol–water partition coefficient (Wildman–Crippen LogP) is 1.23. The maximum Gasteiger partial charge on any atom is 0.227 e. The Balaban J connectivity index is 2.21. The fourth-order valence-electron chi connectivity index (χ4n) is 2.32. The topological polar surface area (TPSA) is 75.2 Å². The summed E-state index contributed by atoms with van der Waals surface area (Å²) in [6.45, 7) is 6.00. The van der Waals surface area contributed by atoms with Gasteiger partial charge in [-0.2, -0.15) is 4.98 Å². The number of aryl methyl sites for hydroxylation is 1. The van der Waals surface area contributed by atoms with Crippen molar-refractivity contribution in [1.29, 1.82) is 0 Å². The third kappa shape index (κ3) is 3.59. The van der Waals surface area contributed by atoms with Crippen LogP contribution in [0.5, 0.6) is 0 Å². The van der Waals surface area contributed by atoms with Crippen LogP contribution in [0.3, 0.4) is 0 Å². The average molecular weight is 298 g/mol. The normalized spacial score (nSPS) is 21.1. The highest BCUT2D eigenvalue weighted by Gasteiger charge is 2.31. The number of rotatable bonds is 4. The first-order valence-electron chi connectivity index (χ1n) is 6.82. The second kappa shape index (κ2) is 5.55. The molecule has 1 fully saturated rings. The summed E-state index contributed by atoms with van der Waals surface area (Å²) in [6, 6.07) is 2.14. The molecule has 112 valence electrons. The lowest BCUT2D eigenvalue weighted by Crippen LogP contribution is -2.34. The van der Waals surface area contributed by atoms with Crippen molar-refractivity contribution < 1.29 is 8.42 Å². The summed E-state index contributed by atoms with van der Waals surface area (Å²) in [5.41, 5.74) is 0.867. The molecule has 2 rings (SSSR count). The molecule has 0 bridgehead atoms. The Kier molecular flexibility index (Phi) is 4.17. The maximum atomic E-state index is 11.6. The highest BCUT2D eigenvalue weighted by atomic mass is 32.2. The summed E-state index contributed by atoms with van der Waals surface area (Å²) in [5.74, 6) is 1.80. The van der Waals surface area contributed by atoms with E-state index in [1.54, 1.807) is 0 Å². The van der Waals surface area contributed by atoms with Gasteiger partial charge in [0.1, 0.15) is 5.82 Å². The standard InChI is InChI=1S/C13H22N4O2S/c1-9(2)14-12-7-10(3)15-13(16-12)17(4)11-5-6-20(18,19)8-11/h7,9,11H,5-6,8H2,1-4H3,(H,14,15,16). The number of sulfone groups is 1. The summed E-state index contributed by atoms with van der Waals surface area (Å²) in [7, 11) is -1.04. The van der Waals surface area contributed by atoms with Gasteiger partial charge in [0.05, 0.1) is 11.5 Å². The maximum absolute atomic E-state index is 11.6. The van der Waals surface area contributed by atoms with Gasteiger partial charge < -0.3 is 10.2 Å². The molecular formula is C13H22N4O2S. The molecule has 1 aliphatic heterocycles. The Morgan fingerprint density at radius 2 is 2.10 bits per heavy atom. The van der Waals surface area contributed by atoms with Crippen molar-refractivity contribution in [2.45, 2.75) is 39.3 Å². The summed E-state index contributed by atoms with van der Waals surface area (Å²) < 4.78 is 23.2. The molecule has 1 saturated heterocycles. The fourth-order valence-corrected chi connectivity index (χ4v) is 4.10. The van der Waals surface area contributed by atoms with E-state index in [4.69, 9.17) is 0 Å². The second-order valence-corrected chi connectivity index (χ2v) is 7.89. The third-order valence-electron chi connectivity index (χ3n) is 3.35. The van der Waals surface area contributed by atoms with Crippen LogP contribution in [0.1, 0.15) is 26.0 Å².